The Hall–Kier alpha value is -3.96. The molecule has 0 saturated carbocycles. The van der Waals surface area contributed by atoms with Crippen LogP contribution in [0.1, 0.15) is 86.2 Å². The van der Waals surface area contributed by atoms with Crippen LogP contribution in [0.25, 0.3) is 22.3 Å². The molecule has 0 radical (unpaired) electrons. The summed E-state index contributed by atoms with van der Waals surface area (Å²) in [7, 11) is 0. The van der Waals surface area contributed by atoms with E-state index in [9.17, 15) is 19.1 Å². The van der Waals surface area contributed by atoms with Gasteiger partial charge >= 0.3 is 0 Å². The number of aliphatic hydroxyl groups is 2. The predicted molar refractivity (Wildman–Crippen MR) is 159 cm³/mol. The van der Waals surface area contributed by atoms with Crippen molar-refractivity contribution in [2.24, 2.45) is 0 Å². The maximum Gasteiger partial charge on any atom is 0.293 e. The van der Waals surface area contributed by atoms with E-state index in [4.69, 9.17) is 14.8 Å². The smallest absolute Gasteiger partial charge is 0.293 e. The Balaban J connectivity index is 0.000000343. The Morgan fingerprint density at radius 3 is 2.50 bits per heavy atom. The number of carbonyl (C=O) groups excluding carboxylic acids is 1. The summed E-state index contributed by atoms with van der Waals surface area (Å²) in [4.78, 5) is 28.6. The molecule has 0 saturated heterocycles. The van der Waals surface area contributed by atoms with Gasteiger partial charge in [0, 0.05) is 30.0 Å². The molecule has 6 rings (SSSR count). The van der Waals surface area contributed by atoms with Gasteiger partial charge in [0.15, 0.2) is 0 Å². The van der Waals surface area contributed by atoms with Crippen LogP contribution in [0.3, 0.4) is 0 Å². The number of aryl methyl sites for hydroxylation is 2. The molecule has 11 heteroatoms. The van der Waals surface area contributed by atoms with Crippen LogP contribution in [0.15, 0.2) is 23.1 Å². The average molecular weight is 582 g/mol. The van der Waals surface area contributed by atoms with Crippen LogP contribution in [0, 0.1) is 12.7 Å². The third kappa shape index (κ3) is 6.27. The van der Waals surface area contributed by atoms with Crippen molar-refractivity contribution in [3.8, 4) is 11.4 Å². The molecule has 3 aromatic heterocycles. The number of aromatic amines is 1. The molecule has 226 valence electrons. The summed E-state index contributed by atoms with van der Waals surface area (Å²) in [6.45, 7) is 12.0. The number of fused-ring (bicyclic) bond motifs is 4. The molecule has 0 amide bonds. The van der Waals surface area contributed by atoms with Crippen LogP contribution >= 0.6 is 0 Å². The maximum atomic E-state index is 14.5. The van der Waals surface area contributed by atoms with E-state index in [1.165, 1.54) is 6.07 Å². The molecule has 1 unspecified atom stereocenters. The highest BCUT2D eigenvalue weighted by molar-refractivity contribution is 5.92. The zero-order chi connectivity index (χ0) is 31.0. The van der Waals surface area contributed by atoms with Gasteiger partial charge in [0.05, 0.1) is 47.0 Å². The first-order valence-corrected chi connectivity index (χ1v) is 14.4. The first kappa shape index (κ1) is 32.6. The number of aromatic nitrogens is 5. The van der Waals surface area contributed by atoms with Crippen molar-refractivity contribution in [3.05, 3.63) is 73.6 Å². The predicted octanol–water partition coefficient (Wildman–Crippen LogP) is 4.48. The van der Waals surface area contributed by atoms with E-state index in [0.717, 1.165) is 47.0 Å². The zero-order valence-electron chi connectivity index (χ0n) is 25.1. The Morgan fingerprint density at radius 1 is 1.17 bits per heavy atom. The van der Waals surface area contributed by atoms with Gasteiger partial charge in [-0.2, -0.15) is 15.4 Å². The fourth-order valence-corrected chi connectivity index (χ4v) is 5.42. The molecule has 1 aliphatic carbocycles. The highest BCUT2D eigenvalue weighted by Crippen LogP contribution is 2.41. The van der Waals surface area contributed by atoms with Gasteiger partial charge in [-0.25, -0.2) is 9.37 Å². The number of pyridine rings is 2. The number of rotatable bonds is 6. The fourth-order valence-electron chi connectivity index (χ4n) is 5.42. The van der Waals surface area contributed by atoms with Gasteiger partial charge in [0.2, 0.25) is 0 Å². The lowest BCUT2D eigenvalue weighted by Crippen LogP contribution is -2.26. The summed E-state index contributed by atoms with van der Waals surface area (Å²) in [6.07, 6.45) is 3.85. The lowest BCUT2D eigenvalue weighted by molar-refractivity contribution is -0.129. The molecule has 4 heterocycles. The number of nitrogens with one attached hydrogen (secondary N) is 1. The molecule has 0 bridgehead atoms. The zero-order valence-corrected chi connectivity index (χ0v) is 25.1. The van der Waals surface area contributed by atoms with Crippen LogP contribution in [-0.4, -0.2) is 48.3 Å². The first-order chi connectivity index (χ1) is 20.3. The summed E-state index contributed by atoms with van der Waals surface area (Å²) in [5.41, 5.74) is 6.82. The third-order valence-electron chi connectivity index (χ3n) is 7.24. The minimum Gasteiger partial charge on any atom is -0.463 e. The topological polar surface area (TPSA) is 143 Å². The Kier molecular flexibility index (Phi) is 11.5. The van der Waals surface area contributed by atoms with Crippen molar-refractivity contribution in [3.63, 3.8) is 0 Å². The number of H-pyrrole nitrogens is 1. The van der Waals surface area contributed by atoms with Crippen molar-refractivity contribution >= 4 is 17.4 Å². The largest absolute Gasteiger partial charge is 0.463 e. The molecule has 2 aliphatic rings. The van der Waals surface area contributed by atoms with Gasteiger partial charge in [0.25, 0.3) is 12.0 Å². The second-order valence-electron chi connectivity index (χ2n) is 9.50. The van der Waals surface area contributed by atoms with Crippen LogP contribution < -0.4 is 5.56 Å². The first-order valence-electron chi connectivity index (χ1n) is 14.4. The lowest BCUT2D eigenvalue weighted by Gasteiger charge is -2.21. The summed E-state index contributed by atoms with van der Waals surface area (Å²) in [6, 6.07) is 3.22. The van der Waals surface area contributed by atoms with Crippen molar-refractivity contribution in [1.29, 1.82) is 0 Å². The molecule has 1 aromatic carbocycles. The van der Waals surface area contributed by atoms with Crippen molar-refractivity contribution in [2.45, 2.75) is 86.5 Å². The standard InChI is InChI=1S/C23H21FN2O4.C4H7N3O.2C2H6/c1-11-13-4-3-5-14-16-8-26-20(22(16)25-19(21(13)14)7-18(11)24)6-15(12(2)28)17(23(26)29)9-30-10-27;8-2-1-4-3-5-7-6-4;2*1-2/h6-7,10,12,28H,3-5,8-9H2,1-2H3;3,8H,1-2H2,(H,5,6,7);2*1-2H3. The third-order valence-corrected chi connectivity index (χ3v) is 7.24. The van der Waals surface area contributed by atoms with Crippen LogP contribution in [0.4, 0.5) is 4.39 Å². The van der Waals surface area contributed by atoms with Gasteiger partial charge in [-0.15, -0.1) is 0 Å². The number of benzene rings is 1. The summed E-state index contributed by atoms with van der Waals surface area (Å²) >= 11 is 0. The van der Waals surface area contributed by atoms with Crippen molar-refractivity contribution < 1.29 is 24.1 Å². The number of nitrogens with zero attached hydrogens (tertiary/aromatic N) is 4. The van der Waals surface area contributed by atoms with Gasteiger partial charge in [-0.1, -0.05) is 27.7 Å². The van der Waals surface area contributed by atoms with E-state index >= 15 is 0 Å². The molecule has 10 nitrogen and oxygen atoms in total. The fraction of sp³-hybridized carbons (Fsp3) is 0.452. The number of halogens is 1. The summed E-state index contributed by atoms with van der Waals surface area (Å²) in [5.74, 6) is -0.265. The highest BCUT2D eigenvalue weighted by atomic mass is 19.1. The Labute approximate surface area is 244 Å². The normalized spacial score (nSPS) is 12.9. The van der Waals surface area contributed by atoms with Crippen LogP contribution in [0.2, 0.25) is 0 Å². The second kappa shape index (κ2) is 14.8. The molecular weight excluding hydrogens is 541 g/mol. The molecule has 0 spiro atoms. The van der Waals surface area contributed by atoms with E-state index in [0.29, 0.717) is 41.0 Å². The minimum absolute atomic E-state index is 0.131. The SMILES string of the molecule is CC.CC.Cc1c(F)cc2nc3c(c4c2c1CCC4)Cn1c-3cc(C(C)O)c(COC=O)c1=O.OCCc1cn[nH]n1. The Bertz CT molecular complexity index is 1580. The molecule has 1 atom stereocenters. The maximum absolute atomic E-state index is 14.5. The number of ether oxygens (including phenoxy) is 1. The number of carbonyl (C=O) groups is 1. The Morgan fingerprint density at radius 2 is 1.88 bits per heavy atom. The average Bonchev–Trinajstić information content (AvgIpc) is 3.66. The molecule has 0 fully saturated rings. The molecular formula is C31H40FN5O5. The van der Waals surface area contributed by atoms with Gasteiger partial charge in [-0.3, -0.25) is 9.59 Å². The van der Waals surface area contributed by atoms with Crippen LogP contribution in [-0.2, 0) is 41.9 Å². The number of hydrogen-bond acceptors (Lipinski definition) is 8. The summed E-state index contributed by atoms with van der Waals surface area (Å²) in [5, 5.41) is 29.3. The second-order valence-corrected chi connectivity index (χ2v) is 9.50. The van der Waals surface area contributed by atoms with E-state index in [2.05, 4.69) is 15.4 Å². The highest BCUT2D eigenvalue weighted by Gasteiger charge is 2.31. The van der Waals surface area contributed by atoms with Crippen molar-refractivity contribution in [1.82, 2.24) is 25.0 Å². The monoisotopic (exact) mass is 581 g/mol. The van der Waals surface area contributed by atoms with E-state index < -0.39 is 6.10 Å². The van der Waals surface area contributed by atoms with Gasteiger partial charge in [-0.05, 0) is 61.4 Å². The molecule has 1 aliphatic heterocycles. The van der Waals surface area contributed by atoms with Gasteiger partial charge in [0.1, 0.15) is 12.4 Å². The van der Waals surface area contributed by atoms with Crippen LogP contribution in [0.5, 0.6) is 0 Å². The van der Waals surface area contributed by atoms with E-state index in [1.807, 2.05) is 27.7 Å². The molecule has 4 aromatic rings. The van der Waals surface area contributed by atoms with E-state index in [1.54, 1.807) is 30.7 Å². The van der Waals surface area contributed by atoms with E-state index in [-0.39, 0.29) is 36.6 Å². The molecule has 42 heavy (non-hydrogen) atoms. The summed E-state index contributed by atoms with van der Waals surface area (Å²) < 4.78 is 21.0. The van der Waals surface area contributed by atoms with Gasteiger partial charge < -0.3 is 19.5 Å². The minimum atomic E-state index is -0.914. The van der Waals surface area contributed by atoms with Crippen molar-refractivity contribution in [2.75, 3.05) is 6.61 Å². The lowest BCUT2D eigenvalue weighted by atomic mass is 9.85. The number of hydrogen-bond donors (Lipinski definition) is 3. The quantitative estimate of drug-likeness (QED) is 0.249. The molecule has 3 N–H and O–H groups in total. The number of aliphatic hydroxyl groups excluding tert-OH is 2.